The number of sulfonamides is 1. The molecule has 1 aliphatic rings. The summed E-state index contributed by atoms with van der Waals surface area (Å²) in [6.45, 7) is 0.469. The van der Waals surface area contributed by atoms with Gasteiger partial charge in [-0.05, 0) is 23.6 Å². The van der Waals surface area contributed by atoms with E-state index in [1.165, 1.54) is 15.6 Å². The van der Waals surface area contributed by atoms with Crippen LogP contribution in [0.2, 0.25) is 0 Å². The Bertz CT molecular complexity index is 849. The highest BCUT2D eigenvalue weighted by Gasteiger charge is 2.21. The van der Waals surface area contributed by atoms with Crippen molar-refractivity contribution in [1.82, 2.24) is 5.32 Å². The Hall–Kier alpha value is -2.26. The molecule has 0 radical (unpaired) electrons. The van der Waals surface area contributed by atoms with Crippen LogP contribution in [-0.4, -0.2) is 40.5 Å². The Kier molecular flexibility index (Phi) is 5.14. The molecule has 0 unspecified atom stereocenters. The summed E-state index contributed by atoms with van der Waals surface area (Å²) >= 11 is 1.51. The molecule has 0 atom stereocenters. The molecule has 25 heavy (non-hydrogen) atoms. The lowest BCUT2D eigenvalue weighted by molar-refractivity contribution is -0.120. The lowest BCUT2D eigenvalue weighted by atomic mass is 10.3. The van der Waals surface area contributed by atoms with E-state index in [9.17, 15) is 13.2 Å². The van der Waals surface area contributed by atoms with Gasteiger partial charge in [-0.2, -0.15) is 0 Å². The van der Waals surface area contributed by atoms with E-state index in [1.807, 2.05) is 17.5 Å². The van der Waals surface area contributed by atoms with E-state index in [1.54, 1.807) is 18.2 Å². The van der Waals surface area contributed by atoms with E-state index >= 15 is 0 Å². The summed E-state index contributed by atoms with van der Waals surface area (Å²) in [5, 5.41) is 4.66. The van der Waals surface area contributed by atoms with Gasteiger partial charge in [0.25, 0.3) is 0 Å². The predicted molar refractivity (Wildman–Crippen MR) is 95.8 cm³/mol. The van der Waals surface area contributed by atoms with Gasteiger partial charge in [-0.15, -0.1) is 11.3 Å². The normalized spacial score (nSPS) is 12.8. The van der Waals surface area contributed by atoms with Gasteiger partial charge in [-0.25, -0.2) is 8.42 Å². The average Bonchev–Trinajstić information content (AvgIpc) is 3.20. The Morgan fingerprint density at radius 3 is 2.80 bits per heavy atom. The Morgan fingerprint density at radius 1 is 1.28 bits per heavy atom. The zero-order valence-electron chi connectivity index (χ0n) is 13.6. The number of anilines is 1. The van der Waals surface area contributed by atoms with Crippen LogP contribution in [0.5, 0.6) is 11.5 Å². The van der Waals surface area contributed by atoms with Gasteiger partial charge in [-0.1, -0.05) is 6.07 Å². The first kappa shape index (κ1) is 17.6. The molecule has 3 rings (SSSR count). The van der Waals surface area contributed by atoms with Gasteiger partial charge in [0.15, 0.2) is 11.5 Å². The van der Waals surface area contributed by atoms with Gasteiger partial charge >= 0.3 is 0 Å². The summed E-state index contributed by atoms with van der Waals surface area (Å²) in [4.78, 5) is 12.9. The van der Waals surface area contributed by atoms with E-state index in [0.717, 1.165) is 11.1 Å². The number of thiophene rings is 1. The fourth-order valence-corrected chi connectivity index (χ4v) is 4.08. The highest BCUT2D eigenvalue weighted by molar-refractivity contribution is 7.92. The van der Waals surface area contributed by atoms with Gasteiger partial charge in [0.1, 0.15) is 0 Å². The van der Waals surface area contributed by atoms with E-state index < -0.39 is 10.0 Å². The first-order valence-electron chi connectivity index (χ1n) is 7.60. The minimum Gasteiger partial charge on any atom is -0.454 e. The third kappa shape index (κ3) is 4.43. The Morgan fingerprint density at radius 2 is 2.08 bits per heavy atom. The van der Waals surface area contributed by atoms with Crippen LogP contribution < -0.4 is 19.1 Å². The maximum atomic E-state index is 12.1. The highest BCUT2D eigenvalue weighted by Crippen LogP contribution is 2.35. The number of benzene rings is 1. The number of carbonyl (C=O) groups is 1. The second-order valence-electron chi connectivity index (χ2n) is 5.48. The summed E-state index contributed by atoms with van der Waals surface area (Å²) in [6, 6.07) is 8.72. The van der Waals surface area contributed by atoms with Crippen LogP contribution in [0.25, 0.3) is 0 Å². The maximum absolute atomic E-state index is 12.1. The predicted octanol–water partition coefficient (Wildman–Crippen LogP) is 1.60. The molecule has 1 aromatic heterocycles. The molecule has 1 aromatic carbocycles. The molecule has 0 saturated carbocycles. The number of hydrogen-bond donors (Lipinski definition) is 1. The summed E-state index contributed by atoms with van der Waals surface area (Å²) in [5.41, 5.74) is 0.472. The smallest absolute Gasteiger partial charge is 0.232 e. The van der Waals surface area contributed by atoms with E-state index in [-0.39, 0.29) is 25.8 Å². The number of ether oxygens (including phenoxy) is 2. The van der Waals surface area contributed by atoms with Crippen LogP contribution in [0.3, 0.4) is 0 Å². The van der Waals surface area contributed by atoms with E-state index in [4.69, 9.17) is 9.47 Å². The number of fused-ring (bicyclic) bond motifs is 1. The standard InChI is InChI=1S/C16H18N2O5S2/c1-25(20,21)18(12-4-5-14-15(9-12)23-11-22-14)7-6-17-16(19)10-13-3-2-8-24-13/h2-5,8-9H,6-7,10-11H2,1H3,(H,17,19). The molecule has 0 saturated heterocycles. The van der Waals surface area contributed by atoms with Crippen LogP contribution in [0, 0.1) is 0 Å². The molecule has 134 valence electrons. The zero-order valence-corrected chi connectivity index (χ0v) is 15.2. The lowest BCUT2D eigenvalue weighted by Gasteiger charge is -2.22. The van der Waals surface area contributed by atoms with Gasteiger partial charge in [0.05, 0.1) is 24.9 Å². The molecule has 2 aromatic rings. The molecule has 7 nitrogen and oxygen atoms in total. The van der Waals surface area contributed by atoms with Crippen molar-refractivity contribution >= 4 is 33.0 Å². The lowest BCUT2D eigenvalue weighted by Crippen LogP contribution is -2.38. The van der Waals surface area contributed by atoms with Crippen molar-refractivity contribution in [3.63, 3.8) is 0 Å². The van der Waals surface area contributed by atoms with Crippen molar-refractivity contribution in [2.75, 3.05) is 30.4 Å². The van der Waals surface area contributed by atoms with Crippen molar-refractivity contribution in [3.8, 4) is 11.5 Å². The SMILES string of the molecule is CS(=O)(=O)N(CCNC(=O)Cc1cccs1)c1ccc2c(c1)OCO2. The summed E-state index contributed by atoms with van der Waals surface area (Å²) in [5.74, 6) is 0.955. The summed E-state index contributed by atoms with van der Waals surface area (Å²) in [6.07, 6.45) is 1.42. The topological polar surface area (TPSA) is 84.9 Å². The van der Waals surface area contributed by atoms with Crippen molar-refractivity contribution in [1.29, 1.82) is 0 Å². The molecule has 0 spiro atoms. The van der Waals surface area contributed by atoms with Crippen LogP contribution >= 0.6 is 11.3 Å². The largest absolute Gasteiger partial charge is 0.454 e. The minimum atomic E-state index is -3.50. The summed E-state index contributed by atoms with van der Waals surface area (Å²) in [7, 11) is -3.50. The number of nitrogens with zero attached hydrogens (tertiary/aromatic N) is 1. The molecule has 1 N–H and O–H groups in total. The Labute approximate surface area is 150 Å². The van der Waals surface area contributed by atoms with Crippen molar-refractivity contribution in [3.05, 3.63) is 40.6 Å². The van der Waals surface area contributed by atoms with Crippen molar-refractivity contribution in [2.24, 2.45) is 0 Å². The second-order valence-corrected chi connectivity index (χ2v) is 8.42. The van der Waals surface area contributed by atoms with Crippen LogP contribution in [0.1, 0.15) is 4.88 Å². The third-order valence-electron chi connectivity index (χ3n) is 3.60. The molecule has 9 heteroatoms. The quantitative estimate of drug-likeness (QED) is 0.786. The number of carbonyl (C=O) groups excluding carboxylic acids is 1. The first-order chi connectivity index (χ1) is 11.9. The van der Waals surface area contributed by atoms with Gasteiger partial charge < -0.3 is 14.8 Å². The molecular formula is C16H18N2O5S2. The molecule has 0 fully saturated rings. The minimum absolute atomic E-state index is 0.121. The number of amides is 1. The Balaban J connectivity index is 1.63. The molecular weight excluding hydrogens is 364 g/mol. The fourth-order valence-electron chi connectivity index (χ4n) is 2.46. The molecule has 0 bridgehead atoms. The molecule has 1 aliphatic heterocycles. The van der Waals surface area contributed by atoms with E-state index in [2.05, 4.69) is 5.32 Å². The van der Waals surface area contributed by atoms with Gasteiger partial charge in [0.2, 0.25) is 22.7 Å². The number of rotatable bonds is 7. The molecule has 1 amide bonds. The van der Waals surface area contributed by atoms with Crippen LogP contribution in [0.15, 0.2) is 35.7 Å². The monoisotopic (exact) mass is 382 g/mol. The fraction of sp³-hybridized carbons (Fsp3) is 0.312. The first-order valence-corrected chi connectivity index (χ1v) is 10.3. The second kappa shape index (κ2) is 7.32. The van der Waals surface area contributed by atoms with Crippen molar-refractivity contribution in [2.45, 2.75) is 6.42 Å². The van der Waals surface area contributed by atoms with Crippen LogP contribution in [-0.2, 0) is 21.2 Å². The number of nitrogens with one attached hydrogen (secondary N) is 1. The average molecular weight is 382 g/mol. The van der Waals surface area contributed by atoms with Crippen molar-refractivity contribution < 1.29 is 22.7 Å². The van der Waals surface area contributed by atoms with Crippen LogP contribution in [0.4, 0.5) is 5.69 Å². The highest BCUT2D eigenvalue weighted by atomic mass is 32.2. The zero-order chi connectivity index (χ0) is 17.9. The summed E-state index contributed by atoms with van der Waals surface area (Å²) < 4.78 is 36.0. The third-order valence-corrected chi connectivity index (χ3v) is 5.67. The van der Waals surface area contributed by atoms with Gasteiger partial charge in [-0.3, -0.25) is 9.10 Å². The molecule has 0 aliphatic carbocycles. The number of hydrogen-bond acceptors (Lipinski definition) is 6. The van der Waals surface area contributed by atoms with E-state index in [0.29, 0.717) is 23.6 Å². The maximum Gasteiger partial charge on any atom is 0.232 e. The molecule has 2 heterocycles. The van der Waals surface area contributed by atoms with Gasteiger partial charge in [0, 0.05) is 17.5 Å².